The number of piperazine rings is 1. The number of hydrogen-bond acceptors (Lipinski definition) is 6. The third-order valence-electron chi connectivity index (χ3n) is 5.78. The zero-order valence-corrected chi connectivity index (χ0v) is 19.1. The molecule has 2 aromatic carbocycles. The molecule has 33 heavy (non-hydrogen) atoms. The highest BCUT2D eigenvalue weighted by Crippen LogP contribution is 2.39. The van der Waals surface area contributed by atoms with E-state index in [0.29, 0.717) is 53.7 Å². The van der Waals surface area contributed by atoms with Crippen LogP contribution in [0.5, 0.6) is 5.75 Å². The number of ether oxygens (including phenoxy) is 1. The number of imide groups is 1. The highest BCUT2D eigenvalue weighted by atomic mass is 16.5. The van der Waals surface area contributed by atoms with E-state index >= 15 is 0 Å². The van der Waals surface area contributed by atoms with Gasteiger partial charge >= 0.3 is 0 Å². The van der Waals surface area contributed by atoms with Gasteiger partial charge in [-0.25, -0.2) is 4.90 Å². The van der Waals surface area contributed by atoms with Crippen molar-refractivity contribution in [2.45, 2.75) is 13.8 Å². The number of para-hydroxylation sites is 2. The summed E-state index contributed by atoms with van der Waals surface area (Å²) in [6.45, 7) is 6.63. The molecule has 0 spiro atoms. The quantitative estimate of drug-likeness (QED) is 0.684. The predicted octanol–water partition coefficient (Wildman–Crippen LogP) is 2.58. The summed E-state index contributed by atoms with van der Waals surface area (Å²) in [5.74, 6) is -0.418. The minimum absolute atomic E-state index is 0.175. The van der Waals surface area contributed by atoms with Gasteiger partial charge in [-0.2, -0.15) is 0 Å². The zero-order valence-electron chi connectivity index (χ0n) is 19.1. The van der Waals surface area contributed by atoms with Crippen LogP contribution in [-0.2, 0) is 14.4 Å². The van der Waals surface area contributed by atoms with Gasteiger partial charge < -0.3 is 19.9 Å². The normalized spacial score (nSPS) is 17.1. The molecule has 0 aromatic heterocycles. The van der Waals surface area contributed by atoms with Gasteiger partial charge in [0.15, 0.2) is 0 Å². The predicted molar refractivity (Wildman–Crippen MR) is 127 cm³/mol. The average Bonchev–Trinajstić information content (AvgIpc) is 3.05. The summed E-state index contributed by atoms with van der Waals surface area (Å²) in [7, 11) is 2.04. The molecule has 0 saturated carbocycles. The Morgan fingerprint density at radius 3 is 2.27 bits per heavy atom. The molecular weight excluding hydrogens is 420 g/mol. The second-order valence-electron chi connectivity index (χ2n) is 8.12. The average molecular weight is 449 g/mol. The third kappa shape index (κ3) is 4.47. The molecule has 0 bridgehead atoms. The van der Waals surface area contributed by atoms with Gasteiger partial charge in [-0.1, -0.05) is 24.3 Å². The fourth-order valence-electron chi connectivity index (χ4n) is 4.16. The number of hydrogen-bond donors (Lipinski definition) is 1. The second-order valence-corrected chi connectivity index (χ2v) is 8.12. The molecule has 2 aliphatic heterocycles. The van der Waals surface area contributed by atoms with Gasteiger partial charge in [0.1, 0.15) is 11.4 Å². The maximum absolute atomic E-state index is 13.7. The van der Waals surface area contributed by atoms with E-state index < -0.39 is 0 Å². The van der Waals surface area contributed by atoms with Crippen LogP contribution in [0.2, 0.25) is 0 Å². The molecule has 1 saturated heterocycles. The van der Waals surface area contributed by atoms with Crippen molar-refractivity contribution in [2.24, 2.45) is 0 Å². The van der Waals surface area contributed by atoms with Crippen molar-refractivity contribution in [1.82, 2.24) is 9.80 Å². The van der Waals surface area contributed by atoms with E-state index in [4.69, 9.17) is 4.74 Å². The first-order valence-electron chi connectivity index (χ1n) is 11.1. The third-order valence-corrected chi connectivity index (χ3v) is 5.78. The van der Waals surface area contributed by atoms with Crippen LogP contribution in [0.15, 0.2) is 54.2 Å². The van der Waals surface area contributed by atoms with E-state index in [1.165, 1.54) is 11.8 Å². The lowest BCUT2D eigenvalue weighted by molar-refractivity contribution is -0.121. The van der Waals surface area contributed by atoms with Crippen molar-refractivity contribution >= 4 is 34.7 Å². The molecule has 8 nitrogen and oxygen atoms in total. The molecule has 0 unspecified atom stereocenters. The van der Waals surface area contributed by atoms with Crippen molar-refractivity contribution < 1.29 is 19.1 Å². The Balaban J connectivity index is 1.78. The van der Waals surface area contributed by atoms with Gasteiger partial charge in [0.25, 0.3) is 11.8 Å². The van der Waals surface area contributed by atoms with E-state index in [0.717, 1.165) is 13.1 Å². The van der Waals surface area contributed by atoms with Crippen molar-refractivity contribution in [2.75, 3.05) is 50.1 Å². The molecule has 1 N–H and O–H groups in total. The van der Waals surface area contributed by atoms with Gasteiger partial charge in [-0.05, 0) is 43.8 Å². The number of nitrogens with zero attached hydrogens (tertiary/aromatic N) is 3. The Morgan fingerprint density at radius 2 is 1.64 bits per heavy atom. The molecule has 172 valence electrons. The Kier molecular flexibility index (Phi) is 6.46. The summed E-state index contributed by atoms with van der Waals surface area (Å²) in [6, 6.07) is 14.1. The summed E-state index contributed by atoms with van der Waals surface area (Å²) in [5.41, 5.74) is 2.47. The minimum Gasteiger partial charge on any atom is -0.492 e. The molecule has 2 heterocycles. The number of carbonyl (C=O) groups is 3. The van der Waals surface area contributed by atoms with Crippen molar-refractivity contribution in [3.63, 3.8) is 0 Å². The topological polar surface area (TPSA) is 82.2 Å². The van der Waals surface area contributed by atoms with Gasteiger partial charge in [0.2, 0.25) is 5.91 Å². The van der Waals surface area contributed by atoms with Crippen LogP contribution >= 0.6 is 0 Å². The van der Waals surface area contributed by atoms with Crippen LogP contribution in [0.25, 0.3) is 5.57 Å². The van der Waals surface area contributed by atoms with E-state index in [2.05, 4.69) is 10.2 Å². The molecule has 2 aromatic rings. The number of benzene rings is 2. The standard InChI is InChI=1S/C25H28N4O4/c1-4-33-21-8-6-5-7-20(21)29-24(31)22(18-9-11-19(12-10-18)26-17(2)30)23(25(29)32)28-15-13-27(3)14-16-28/h5-12H,4,13-16H2,1-3H3,(H,26,30). The largest absolute Gasteiger partial charge is 0.492 e. The minimum atomic E-state index is -0.381. The Bertz CT molecular complexity index is 1100. The monoisotopic (exact) mass is 448 g/mol. The Morgan fingerprint density at radius 1 is 0.970 bits per heavy atom. The fraction of sp³-hybridized carbons (Fsp3) is 0.320. The van der Waals surface area contributed by atoms with E-state index in [-0.39, 0.29) is 17.7 Å². The summed E-state index contributed by atoms with van der Waals surface area (Å²) >= 11 is 0. The first-order valence-corrected chi connectivity index (χ1v) is 11.1. The molecule has 0 atom stereocenters. The summed E-state index contributed by atoms with van der Waals surface area (Å²) in [4.78, 5) is 44.3. The van der Waals surface area contributed by atoms with Crippen molar-refractivity contribution in [3.05, 3.63) is 59.8 Å². The molecule has 8 heteroatoms. The van der Waals surface area contributed by atoms with E-state index in [1.54, 1.807) is 42.5 Å². The lowest BCUT2D eigenvalue weighted by Gasteiger charge is -2.34. The van der Waals surface area contributed by atoms with Crippen LogP contribution in [0, 0.1) is 0 Å². The molecule has 0 radical (unpaired) electrons. The van der Waals surface area contributed by atoms with Gasteiger partial charge in [0, 0.05) is 38.8 Å². The van der Waals surface area contributed by atoms with Crippen LogP contribution in [0.3, 0.4) is 0 Å². The number of amides is 3. The SMILES string of the molecule is CCOc1ccccc1N1C(=O)C(c2ccc(NC(C)=O)cc2)=C(N2CCN(C)CC2)C1=O. The number of rotatable bonds is 6. The molecule has 2 aliphatic rings. The number of likely N-dealkylation sites (N-methyl/N-ethyl adjacent to an activating group) is 1. The fourth-order valence-corrected chi connectivity index (χ4v) is 4.16. The maximum atomic E-state index is 13.7. The van der Waals surface area contributed by atoms with E-state index in [9.17, 15) is 14.4 Å². The smallest absolute Gasteiger partial charge is 0.282 e. The summed E-state index contributed by atoms with van der Waals surface area (Å²) < 4.78 is 5.71. The highest BCUT2D eigenvalue weighted by molar-refractivity contribution is 6.45. The number of anilines is 2. The lowest BCUT2D eigenvalue weighted by atomic mass is 10.0. The van der Waals surface area contributed by atoms with Crippen molar-refractivity contribution in [1.29, 1.82) is 0 Å². The molecular formula is C25H28N4O4. The first-order chi connectivity index (χ1) is 15.9. The van der Waals surface area contributed by atoms with Crippen LogP contribution in [-0.4, -0.2) is 67.4 Å². The lowest BCUT2D eigenvalue weighted by Crippen LogP contribution is -2.46. The van der Waals surface area contributed by atoms with Crippen molar-refractivity contribution in [3.8, 4) is 5.75 Å². The molecule has 0 aliphatic carbocycles. The van der Waals surface area contributed by atoms with Crippen LogP contribution in [0.1, 0.15) is 19.4 Å². The summed E-state index contributed by atoms with van der Waals surface area (Å²) in [6.07, 6.45) is 0. The Labute approximate surface area is 193 Å². The first kappa shape index (κ1) is 22.5. The molecule has 3 amide bonds. The number of nitrogens with one attached hydrogen (secondary N) is 1. The zero-order chi connectivity index (χ0) is 23.5. The molecule has 1 fully saturated rings. The Hall–Kier alpha value is -3.65. The maximum Gasteiger partial charge on any atom is 0.282 e. The van der Waals surface area contributed by atoms with Gasteiger partial charge in [0.05, 0.1) is 17.9 Å². The van der Waals surface area contributed by atoms with Crippen LogP contribution < -0.4 is 15.0 Å². The summed E-state index contributed by atoms with van der Waals surface area (Å²) in [5, 5.41) is 2.73. The highest BCUT2D eigenvalue weighted by Gasteiger charge is 2.43. The second kappa shape index (κ2) is 9.46. The molecule has 4 rings (SSSR count). The van der Waals surface area contributed by atoms with E-state index in [1.807, 2.05) is 24.9 Å². The van der Waals surface area contributed by atoms with Gasteiger partial charge in [-0.15, -0.1) is 0 Å². The van der Waals surface area contributed by atoms with Crippen LogP contribution in [0.4, 0.5) is 11.4 Å². The van der Waals surface area contributed by atoms with Gasteiger partial charge in [-0.3, -0.25) is 14.4 Å². The number of carbonyl (C=O) groups excluding carboxylic acids is 3.